The van der Waals surface area contributed by atoms with Gasteiger partial charge in [-0.05, 0) is 20.8 Å². The molecule has 0 aromatic carbocycles. The van der Waals surface area contributed by atoms with Gasteiger partial charge in [-0.3, -0.25) is 4.79 Å². The standard InChI is InChI=1S/C12H18ClN2O2.ClH/c1-12(2,3)17-11(16)10(14)8-15-6-4-9(13)5-7-15;/h4-7,10H,8,14H2,1-3H3;1H/q+1;/p-1. The molecule has 0 radical (unpaired) electrons. The number of rotatable bonds is 3. The fraction of sp³-hybridized carbons (Fsp3) is 0.500. The first-order chi connectivity index (χ1) is 7.78. The van der Waals surface area contributed by atoms with Crippen LogP contribution in [0, 0.1) is 0 Å². The average Bonchev–Trinajstić information content (AvgIpc) is 2.19. The molecule has 0 aliphatic heterocycles. The normalized spacial score (nSPS) is 12.5. The van der Waals surface area contributed by atoms with E-state index >= 15 is 0 Å². The van der Waals surface area contributed by atoms with Gasteiger partial charge in [0.25, 0.3) is 0 Å². The van der Waals surface area contributed by atoms with E-state index in [-0.39, 0.29) is 12.4 Å². The number of ether oxygens (including phenoxy) is 1. The van der Waals surface area contributed by atoms with Gasteiger partial charge in [0.2, 0.25) is 0 Å². The second kappa shape index (κ2) is 6.92. The van der Waals surface area contributed by atoms with Crippen LogP contribution in [0.3, 0.4) is 0 Å². The number of carbonyl (C=O) groups is 1. The fourth-order valence-electron chi connectivity index (χ4n) is 1.24. The number of esters is 1. The van der Waals surface area contributed by atoms with Crippen LogP contribution in [-0.2, 0) is 16.1 Å². The molecular weight excluding hydrogens is 275 g/mol. The topological polar surface area (TPSA) is 56.2 Å². The van der Waals surface area contributed by atoms with Crippen LogP contribution in [0.25, 0.3) is 0 Å². The molecule has 1 unspecified atom stereocenters. The van der Waals surface area contributed by atoms with E-state index < -0.39 is 17.6 Å². The molecule has 1 aromatic heterocycles. The number of nitrogens with zero attached hydrogens (tertiary/aromatic N) is 1. The SMILES string of the molecule is CC(C)(C)OC(=O)C(N)C[n+]1ccc(Cl)cc1.[Cl-]. The summed E-state index contributed by atoms with van der Waals surface area (Å²) in [5, 5.41) is 0.645. The maximum Gasteiger partial charge on any atom is 0.330 e. The van der Waals surface area contributed by atoms with E-state index in [4.69, 9.17) is 22.1 Å². The Bertz CT molecular complexity index is 388. The Kier molecular flexibility index (Phi) is 6.60. The van der Waals surface area contributed by atoms with Crippen molar-refractivity contribution in [3.05, 3.63) is 29.5 Å². The van der Waals surface area contributed by atoms with Crippen LogP contribution in [0.15, 0.2) is 24.5 Å². The Morgan fingerprint density at radius 3 is 2.39 bits per heavy atom. The number of hydrogen-bond donors (Lipinski definition) is 1. The number of hydrogen-bond acceptors (Lipinski definition) is 3. The van der Waals surface area contributed by atoms with Crippen LogP contribution in [0.5, 0.6) is 0 Å². The summed E-state index contributed by atoms with van der Waals surface area (Å²) in [7, 11) is 0. The van der Waals surface area contributed by atoms with Gasteiger partial charge in [0.1, 0.15) is 5.60 Å². The Labute approximate surface area is 118 Å². The minimum Gasteiger partial charge on any atom is -1.00 e. The van der Waals surface area contributed by atoms with Crippen LogP contribution < -0.4 is 22.7 Å². The van der Waals surface area contributed by atoms with E-state index in [1.807, 2.05) is 20.8 Å². The maximum absolute atomic E-state index is 11.6. The molecule has 102 valence electrons. The Morgan fingerprint density at radius 2 is 1.94 bits per heavy atom. The summed E-state index contributed by atoms with van der Waals surface area (Å²) in [5.41, 5.74) is 5.25. The molecule has 6 heteroatoms. The zero-order valence-electron chi connectivity index (χ0n) is 10.7. The third-order valence-electron chi connectivity index (χ3n) is 1.97. The lowest BCUT2D eigenvalue weighted by Gasteiger charge is -2.21. The third kappa shape index (κ3) is 6.19. The summed E-state index contributed by atoms with van der Waals surface area (Å²) in [4.78, 5) is 11.6. The molecule has 1 heterocycles. The van der Waals surface area contributed by atoms with Crippen molar-refractivity contribution in [2.45, 2.75) is 39.0 Å². The Morgan fingerprint density at radius 1 is 1.44 bits per heavy atom. The smallest absolute Gasteiger partial charge is 0.330 e. The Balaban J connectivity index is 0.00000289. The van der Waals surface area contributed by atoms with Crippen LogP contribution in [-0.4, -0.2) is 17.6 Å². The number of carbonyl (C=O) groups excluding carboxylic acids is 1. The molecule has 0 aliphatic carbocycles. The van der Waals surface area contributed by atoms with Crippen LogP contribution >= 0.6 is 11.6 Å². The molecule has 2 N–H and O–H groups in total. The van der Waals surface area contributed by atoms with Gasteiger partial charge in [0, 0.05) is 12.1 Å². The monoisotopic (exact) mass is 292 g/mol. The van der Waals surface area contributed by atoms with Gasteiger partial charge >= 0.3 is 5.97 Å². The first-order valence-corrected chi connectivity index (χ1v) is 5.79. The van der Waals surface area contributed by atoms with Crippen molar-refractivity contribution in [2.24, 2.45) is 5.73 Å². The summed E-state index contributed by atoms with van der Waals surface area (Å²) in [6.45, 7) is 5.80. The molecule has 0 fully saturated rings. The minimum atomic E-state index is -0.680. The number of nitrogens with two attached hydrogens (primary N) is 1. The lowest BCUT2D eigenvalue weighted by atomic mass is 10.2. The van der Waals surface area contributed by atoms with Crippen molar-refractivity contribution < 1.29 is 26.5 Å². The van der Waals surface area contributed by atoms with E-state index in [0.717, 1.165) is 0 Å². The van der Waals surface area contributed by atoms with E-state index in [2.05, 4.69) is 0 Å². The molecule has 4 nitrogen and oxygen atoms in total. The molecule has 0 aliphatic rings. The van der Waals surface area contributed by atoms with Gasteiger partial charge in [0.05, 0.1) is 5.02 Å². The summed E-state index contributed by atoms with van der Waals surface area (Å²) >= 11 is 5.76. The second-order valence-corrected chi connectivity index (χ2v) is 5.29. The highest BCUT2D eigenvalue weighted by atomic mass is 35.5. The fourth-order valence-corrected chi connectivity index (χ4v) is 1.35. The van der Waals surface area contributed by atoms with Crippen molar-refractivity contribution in [2.75, 3.05) is 0 Å². The Hall–Kier alpha value is -0.840. The summed E-state index contributed by atoms with van der Waals surface area (Å²) < 4.78 is 6.98. The van der Waals surface area contributed by atoms with E-state index in [1.54, 1.807) is 29.1 Å². The molecule has 0 amide bonds. The van der Waals surface area contributed by atoms with E-state index in [0.29, 0.717) is 11.6 Å². The molecule has 0 saturated heterocycles. The highest BCUT2D eigenvalue weighted by Crippen LogP contribution is 2.08. The molecule has 1 rings (SSSR count). The first kappa shape index (κ1) is 17.2. The van der Waals surface area contributed by atoms with Gasteiger partial charge in [-0.1, -0.05) is 11.6 Å². The zero-order chi connectivity index (χ0) is 13.1. The van der Waals surface area contributed by atoms with Crippen molar-refractivity contribution in [3.8, 4) is 0 Å². The highest BCUT2D eigenvalue weighted by Gasteiger charge is 2.24. The van der Waals surface area contributed by atoms with Crippen molar-refractivity contribution in [1.82, 2.24) is 0 Å². The average molecular weight is 293 g/mol. The molecule has 0 bridgehead atoms. The predicted octanol–water partition coefficient (Wildman–Crippen LogP) is -1.70. The van der Waals surface area contributed by atoms with Gasteiger partial charge < -0.3 is 22.9 Å². The predicted molar refractivity (Wildman–Crippen MR) is 65.5 cm³/mol. The quantitative estimate of drug-likeness (QED) is 0.534. The van der Waals surface area contributed by atoms with Gasteiger partial charge in [0.15, 0.2) is 25.0 Å². The highest BCUT2D eigenvalue weighted by molar-refractivity contribution is 6.30. The summed E-state index contributed by atoms with van der Waals surface area (Å²) in [6, 6.07) is 2.80. The van der Waals surface area contributed by atoms with Crippen molar-refractivity contribution in [1.29, 1.82) is 0 Å². The number of halogens is 2. The van der Waals surface area contributed by atoms with Gasteiger partial charge in [-0.2, -0.15) is 0 Å². The molecule has 1 atom stereocenters. The summed E-state index contributed by atoms with van der Waals surface area (Å²) in [5.74, 6) is -0.403. The largest absolute Gasteiger partial charge is 1.00 e. The van der Waals surface area contributed by atoms with Crippen LogP contribution in [0.4, 0.5) is 0 Å². The zero-order valence-corrected chi connectivity index (χ0v) is 12.2. The third-order valence-corrected chi connectivity index (χ3v) is 2.22. The summed E-state index contributed by atoms with van der Waals surface area (Å²) in [6.07, 6.45) is 3.54. The minimum absolute atomic E-state index is 0. The second-order valence-electron chi connectivity index (χ2n) is 4.85. The van der Waals surface area contributed by atoms with Crippen molar-refractivity contribution >= 4 is 17.6 Å². The van der Waals surface area contributed by atoms with E-state index in [9.17, 15) is 4.79 Å². The van der Waals surface area contributed by atoms with Gasteiger partial charge in [-0.25, -0.2) is 4.57 Å². The number of aromatic nitrogens is 1. The molecule has 18 heavy (non-hydrogen) atoms. The molecule has 0 spiro atoms. The molecular formula is C12H18Cl2N2O2. The number of pyridine rings is 1. The first-order valence-electron chi connectivity index (χ1n) is 5.41. The molecule has 0 saturated carbocycles. The van der Waals surface area contributed by atoms with Crippen LogP contribution in [0.1, 0.15) is 20.8 Å². The lowest BCUT2D eigenvalue weighted by Crippen LogP contribution is -3.00. The molecule has 1 aromatic rings. The van der Waals surface area contributed by atoms with Crippen LogP contribution in [0.2, 0.25) is 5.02 Å². The maximum atomic E-state index is 11.6. The van der Waals surface area contributed by atoms with Gasteiger partial charge in [-0.15, -0.1) is 0 Å². The lowest BCUT2D eigenvalue weighted by molar-refractivity contribution is -0.697. The van der Waals surface area contributed by atoms with Crippen molar-refractivity contribution in [3.63, 3.8) is 0 Å². The van der Waals surface area contributed by atoms with E-state index in [1.165, 1.54) is 0 Å².